The van der Waals surface area contributed by atoms with Gasteiger partial charge in [-0.15, -0.1) is 0 Å². The second-order valence-corrected chi connectivity index (χ2v) is 3.86. The van der Waals surface area contributed by atoms with Crippen molar-refractivity contribution in [2.45, 2.75) is 13.3 Å². The molecule has 0 aromatic heterocycles. The maximum absolute atomic E-state index is 11.6. The number of hydrazone groups is 1. The number of rotatable bonds is 4. The van der Waals surface area contributed by atoms with Gasteiger partial charge in [-0.1, -0.05) is 6.92 Å². The number of benzene rings is 1. The van der Waals surface area contributed by atoms with E-state index in [1.807, 2.05) is 6.92 Å². The van der Waals surface area contributed by atoms with Crippen LogP contribution in [-0.4, -0.2) is 19.2 Å². The number of hydrogen-bond acceptors (Lipinski definition) is 3. The van der Waals surface area contributed by atoms with Crippen LogP contribution in [0.3, 0.4) is 0 Å². The Morgan fingerprint density at radius 2 is 2.38 bits per heavy atom. The number of hydrogen-bond donors (Lipinski definition) is 1. The van der Waals surface area contributed by atoms with E-state index in [-0.39, 0.29) is 5.91 Å². The molecule has 1 N–H and O–H groups in total. The molecule has 0 atom stereocenters. The highest BCUT2D eigenvalue weighted by molar-refractivity contribution is 9.10. The first-order valence-electron chi connectivity index (χ1n) is 4.84. The van der Waals surface area contributed by atoms with E-state index in [9.17, 15) is 4.79 Å². The van der Waals surface area contributed by atoms with Crippen LogP contribution < -0.4 is 10.2 Å². The van der Waals surface area contributed by atoms with Crippen molar-refractivity contribution < 1.29 is 9.53 Å². The molecule has 0 saturated heterocycles. The zero-order valence-electron chi connectivity index (χ0n) is 9.16. The van der Waals surface area contributed by atoms with E-state index in [0.717, 1.165) is 10.9 Å². The number of halogens is 1. The maximum Gasteiger partial charge on any atom is 0.271 e. The Kier molecular flexibility index (Phi) is 4.98. The fourth-order valence-corrected chi connectivity index (χ4v) is 1.61. The van der Waals surface area contributed by atoms with Gasteiger partial charge in [0.25, 0.3) is 5.91 Å². The summed E-state index contributed by atoms with van der Waals surface area (Å²) in [5.74, 6) is 0.446. The summed E-state index contributed by atoms with van der Waals surface area (Å²) >= 11 is 3.31. The van der Waals surface area contributed by atoms with Gasteiger partial charge < -0.3 is 4.74 Å². The molecule has 1 aromatic carbocycles. The number of carbonyl (C=O) groups is 1. The van der Waals surface area contributed by atoms with E-state index < -0.39 is 0 Å². The Hall–Kier alpha value is -1.36. The minimum absolute atomic E-state index is 0.243. The molecule has 0 fully saturated rings. The summed E-state index contributed by atoms with van der Waals surface area (Å²) in [5, 5.41) is 3.77. The van der Waals surface area contributed by atoms with E-state index >= 15 is 0 Å². The Labute approximate surface area is 103 Å². The Morgan fingerprint density at radius 3 is 2.94 bits per heavy atom. The van der Waals surface area contributed by atoms with Gasteiger partial charge in [-0.2, -0.15) is 5.10 Å². The largest absolute Gasteiger partial charge is 0.496 e. The molecule has 0 aliphatic heterocycles. The first kappa shape index (κ1) is 12.7. The topological polar surface area (TPSA) is 50.7 Å². The summed E-state index contributed by atoms with van der Waals surface area (Å²) in [5.41, 5.74) is 2.96. The van der Waals surface area contributed by atoms with Crippen LogP contribution >= 0.6 is 15.9 Å². The number of ether oxygens (including phenoxy) is 1. The molecule has 16 heavy (non-hydrogen) atoms. The van der Waals surface area contributed by atoms with Gasteiger partial charge in [0.2, 0.25) is 0 Å². The predicted octanol–water partition coefficient (Wildman–Crippen LogP) is 2.58. The normalized spacial score (nSPS) is 10.4. The molecule has 1 rings (SSSR count). The van der Waals surface area contributed by atoms with E-state index in [0.29, 0.717) is 11.3 Å². The van der Waals surface area contributed by atoms with Crippen LogP contribution in [0.25, 0.3) is 0 Å². The summed E-state index contributed by atoms with van der Waals surface area (Å²) in [7, 11) is 1.57. The zero-order chi connectivity index (χ0) is 12.0. The molecule has 0 aliphatic rings. The second-order valence-electron chi connectivity index (χ2n) is 3.01. The standard InChI is InChI=1S/C11H13BrN2O2/c1-3-6-13-14-11(15)8-4-5-10(16-2)9(12)7-8/h4-7H,3H2,1-2H3,(H,14,15). The lowest BCUT2D eigenvalue weighted by Gasteiger charge is -2.05. The molecule has 1 amide bonds. The number of carbonyl (C=O) groups excluding carboxylic acids is 1. The first-order chi connectivity index (χ1) is 7.69. The van der Waals surface area contributed by atoms with Gasteiger partial charge in [0.1, 0.15) is 5.75 Å². The van der Waals surface area contributed by atoms with Crippen molar-refractivity contribution in [3.63, 3.8) is 0 Å². The average molecular weight is 285 g/mol. The number of methoxy groups -OCH3 is 1. The third kappa shape index (κ3) is 3.34. The van der Waals surface area contributed by atoms with E-state index in [1.54, 1.807) is 31.5 Å². The summed E-state index contributed by atoms with van der Waals surface area (Å²) in [6.45, 7) is 1.94. The summed E-state index contributed by atoms with van der Waals surface area (Å²) in [4.78, 5) is 11.6. The van der Waals surface area contributed by atoms with E-state index in [2.05, 4.69) is 26.5 Å². The quantitative estimate of drug-likeness (QED) is 0.683. The molecule has 0 radical (unpaired) electrons. The molecule has 86 valence electrons. The van der Waals surface area contributed by atoms with Crippen LogP contribution in [0.1, 0.15) is 23.7 Å². The van der Waals surface area contributed by atoms with Crippen LogP contribution in [0.4, 0.5) is 0 Å². The van der Waals surface area contributed by atoms with Gasteiger partial charge in [-0.05, 0) is 40.5 Å². The molecule has 0 spiro atoms. The third-order valence-corrected chi connectivity index (χ3v) is 2.47. The molecule has 0 unspecified atom stereocenters. The van der Waals surface area contributed by atoms with Crippen LogP contribution in [0.15, 0.2) is 27.8 Å². The highest BCUT2D eigenvalue weighted by Crippen LogP contribution is 2.25. The average Bonchev–Trinajstić information content (AvgIpc) is 2.29. The lowest BCUT2D eigenvalue weighted by molar-refractivity contribution is 0.0955. The minimum atomic E-state index is -0.243. The smallest absolute Gasteiger partial charge is 0.271 e. The molecular formula is C11H13BrN2O2. The molecule has 4 nitrogen and oxygen atoms in total. The molecule has 1 aromatic rings. The van der Waals surface area contributed by atoms with Crippen molar-refractivity contribution in [1.29, 1.82) is 0 Å². The summed E-state index contributed by atoms with van der Waals surface area (Å²) in [6, 6.07) is 5.10. The van der Waals surface area contributed by atoms with Gasteiger partial charge in [0.15, 0.2) is 0 Å². The fraction of sp³-hybridized carbons (Fsp3) is 0.273. The van der Waals surface area contributed by atoms with Crippen molar-refractivity contribution in [2.75, 3.05) is 7.11 Å². The summed E-state index contributed by atoms with van der Waals surface area (Å²) < 4.78 is 5.81. The lowest BCUT2D eigenvalue weighted by atomic mass is 10.2. The van der Waals surface area contributed by atoms with Gasteiger partial charge in [-0.25, -0.2) is 5.43 Å². The van der Waals surface area contributed by atoms with Crippen molar-refractivity contribution in [3.05, 3.63) is 28.2 Å². The van der Waals surface area contributed by atoms with Crippen molar-refractivity contribution in [3.8, 4) is 5.75 Å². The third-order valence-electron chi connectivity index (χ3n) is 1.85. The molecule has 0 bridgehead atoms. The van der Waals surface area contributed by atoms with Gasteiger partial charge in [0.05, 0.1) is 11.6 Å². The molecular weight excluding hydrogens is 272 g/mol. The van der Waals surface area contributed by atoms with Crippen LogP contribution in [0, 0.1) is 0 Å². The van der Waals surface area contributed by atoms with E-state index in [4.69, 9.17) is 4.74 Å². The van der Waals surface area contributed by atoms with Crippen LogP contribution in [0.5, 0.6) is 5.75 Å². The maximum atomic E-state index is 11.6. The monoisotopic (exact) mass is 284 g/mol. The number of amides is 1. The predicted molar refractivity (Wildman–Crippen MR) is 66.9 cm³/mol. The van der Waals surface area contributed by atoms with Crippen molar-refractivity contribution >= 4 is 28.1 Å². The van der Waals surface area contributed by atoms with Gasteiger partial charge in [0, 0.05) is 11.8 Å². The Bertz CT molecular complexity index is 405. The highest BCUT2D eigenvalue weighted by Gasteiger charge is 2.07. The minimum Gasteiger partial charge on any atom is -0.496 e. The lowest BCUT2D eigenvalue weighted by Crippen LogP contribution is -2.17. The SMILES string of the molecule is CCC=NNC(=O)c1ccc(OC)c(Br)c1. The Balaban J connectivity index is 2.77. The number of nitrogens with one attached hydrogen (secondary N) is 1. The molecule has 5 heteroatoms. The van der Waals surface area contributed by atoms with Crippen LogP contribution in [0.2, 0.25) is 0 Å². The van der Waals surface area contributed by atoms with Crippen LogP contribution in [-0.2, 0) is 0 Å². The number of nitrogens with zero attached hydrogens (tertiary/aromatic N) is 1. The first-order valence-corrected chi connectivity index (χ1v) is 5.63. The molecule has 0 saturated carbocycles. The molecule has 0 aliphatic carbocycles. The van der Waals surface area contributed by atoms with Crippen molar-refractivity contribution in [1.82, 2.24) is 5.43 Å². The highest BCUT2D eigenvalue weighted by atomic mass is 79.9. The molecule has 0 heterocycles. The van der Waals surface area contributed by atoms with Crippen molar-refractivity contribution in [2.24, 2.45) is 5.10 Å². The Morgan fingerprint density at radius 1 is 1.62 bits per heavy atom. The fourth-order valence-electron chi connectivity index (χ4n) is 1.07. The second kappa shape index (κ2) is 6.27. The van der Waals surface area contributed by atoms with Gasteiger partial charge in [-0.3, -0.25) is 4.79 Å². The van der Waals surface area contributed by atoms with E-state index in [1.165, 1.54) is 0 Å². The summed E-state index contributed by atoms with van der Waals surface area (Å²) in [6.07, 6.45) is 2.42. The zero-order valence-corrected chi connectivity index (χ0v) is 10.7. The van der Waals surface area contributed by atoms with Gasteiger partial charge >= 0.3 is 0 Å².